The Kier molecular flexibility index (Phi) is 8.24. The van der Waals surface area contributed by atoms with Crippen LogP contribution in [0.15, 0.2) is 107 Å². The van der Waals surface area contributed by atoms with Crippen LogP contribution in [0.3, 0.4) is 0 Å². The lowest BCUT2D eigenvalue weighted by Crippen LogP contribution is -2.37. The molecule has 4 aromatic rings. The Bertz CT molecular complexity index is 1480. The van der Waals surface area contributed by atoms with Crippen LogP contribution in [0, 0.1) is 0 Å². The Hall–Kier alpha value is -3.83. The van der Waals surface area contributed by atoms with Gasteiger partial charge in [0.05, 0.1) is 16.8 Å². The number of benzene rings is 4. The molecule has 41 heavy (non-hydrogen) atoms. The van der Waals surface area contributed by atoms with Crippen molar-refractivity contribution in [3.63, 3.8) is 0 Å². The maximum Gasteiger partial charge on any atom is 0.175 e. The van der Waals surface area contributed by atoms with Crippen LogP contribution < -0.4 is 14.4 Å². The van der Waals surface area contributed by atoms with Gasteiger partial charge in [0.25, 0.3) is 0 Å². The van der Waals surface area contributed by atoms with Crippen molar-refractivity contribution < 1.29 is 9.47 Å². The monoisotopic (exact) mass is 606 g/mol. The van der Waals surface area contributed by atoms with Gasteiger partial charge in [0.2, 0.25) is 0 Å². The van der Waals surface area contributed by atoms with Crippen molar-refractivity contribution in [3.8, 4) is 11.5 Å². The number of hydrogen-bond acceptors (Lipinski definition) is 4. The fraction of sp³-hybridized carbons (Fsp3) is 0.250. The number of anilines is 1. The molecule has 0 N–H and O–H groups in total. The van der Waals surface area contributed by atoms with E-state index in [1.165, 1.54) is 27.9 Å². The first-order valence-corrected chi connectivity index (χ1v) is 15.2. The predicted octanol–water partition coefficient (Wildman–Crippen LogP) is 9.04. The van der Waals surface area contributed by atoms with Crippen LogP contribution in [-0.2, 0) is 0 Å². The first-order valence-electron chi connectivity index (χ1n) is 14.4. The molecule has 0 bridgehead atoms. The second kappa shape index (κ2) is 12.4. The third-order valence-corrected chi connectivity index (χ3v) is 8.63. The summed E-state index contributed by atoms with van der Waals surface area (Å²) in [6, 6.07) is 30.5. The van der Waals surface area contributed by atoms with Gasteiger partial charge in [-0.1, -0.05) is 73.3 Å². The van der Waals surface area contributed by atoms with Gasteiger partial charge in [0.15, 0.2) is 11.5 Å². The smallest absolute Gasteiger partial charge is 0.175 e. The molecular weight excluding hydrogens is 572 g/mol. The van der Waals surface area contributed by atoms with Crippen LogP contribution in [0.5, 0.6) is 11.5 Å². The molecule has 208 valence electrons. The Balaban J connectivity index is 1.44. The second-order valence-corrected chi connectivity index (χ2v) is 11.4. The molecule has 2 aliphatic rings. The molecule has 0 unspecified atom stereocenters. The largest absolute Gasteiger partial charge is 0.490 e. The van der Waals surface area contributed by atoms with E-state index in [4.69, 9.17) is 14.5 Å². The van der Waals surface area contributed by atoms with Crippen molar-refractivity contribution in [2.24, 2.45) is 4.99 Å². The molecule has 0 aromatic heterocycles. The summed E-state index contributed by atoms with van der Waals surface area (Å²) in [5.41, 5.74) is 8.85. The molecule has 0 aliphatic carbocycles. The number of ether oxygens (including phenoxy) is 2. The first kappa shape index (κ1) is 27.3. The lowest BCUT2D eigenvalue weighted by Gasteiger charge is -2.43. The van der Waals surface area contributed by atoms with Gasteiger partial charge in [-0.3, -0.25) is 4.99 Å². The highest BCUT2D eigenvalue weighted by atomic mass is 79.9. The van der Waals surface area contributed by atoms with Gasteiger partial charge in [0.1, 0.15) is 6.61 Å². The molecular formula is C36H35BrN2O2. The maximum atomic E-state index is 5.91. The summed E-state index contributed by atoms with van der Waals surface area (Å²) in [4.78, 5) is 7.66. The van der Waals surface area contributed by atoms with E-state index in [0.29, 0.717) is 36.5 Å². The van der Waals surface area contributed by atoms with E-state index in [1.807, 2.05) is 25.3 Å². The molecule has 2 heterocycles. The van der Waals surface area contributed by atoms with Crippen molar-refractivity contribution in [1.29, 1.82) is 0 Å². The molecule has 0 saturated heterocycles. The summed E-state index contributed by atoms with van der Waals surface area (Å²) in [5.74, 6) is 2.07. The van der Waals surface area contributed by atoms with E-state index in [1.54, 1.807) is 6.08 Å². The highest BCUT2D eigenvalue weighted by Crippen LogP contribution is 2.50. The Labute approximate surface area is 251 Å². The zero-order chi connectivity index (χ0) is 28.2. The average molecular weight is 608 g/mol. The Morgan fingerprint density at radius 3 is 2.05 bits per heavy atom. The Morgan fingerprint density at radius 1 is 0.878 bits per heavy atom. The molecule has 6 rings (SSSR count). The van der Waals surface area contributed by atoms with Crippen molar-refractivity contribution in [2.45, 2.75) is 31.6 Å². The SMILES string of the molecule is C=CCOc1c(Br)cc(C=Nc2cc3c4c(c2)[C@H](c2ccccc2)CCN4CC[C@H]3c2ccccc2)cc1OCC. The summed E-state index contributed by atoms with van der Waals surface area (Å²) in [5, 5.41) is 0. The zero-order valence-electron chi connectivity index (χ0n) is 23.4. The third-order valence-electron chi connectivity index (χ3n) is 8.04. The van der Waals surface area contributed by atoms with Crippen molar-refractivity contribution >= 4 is 33.5 Å². The number of hydrogen-bond donors (Lipinski definition) is 0. The summed E-state index contributed by atoms with van der Waals surface area (Å²) < 4.78 is 12.6. The predicted molar refractivity (Wildman–Crippen MR) is 173 cm³/mol. The highest BCUT2D eigenvalue weighted by molar-refractivity contribution is 9.10. The Morgan fingerprint density at radius 2 is 1.49 bits per heavy atom. The molecule has 0 amide bonds. The molecule has 2 aliphatic heterocycles. The average Bonchev–Trinajstić information content (AvgIpc) is 3.01. The molecule has 0 radical (unpaired) electrons. The van der Waals surface area contributed by atoms with Gasteiger partial charge in [0, 0.05) is 36.8 Å². The van der Waals surface area contributed by atoms with Crippen LogP contribution in [0.25, 0.3) is 0 Å². The summed E-state index contributed by atoms with van der Waals surface area (Å²) in [6.45, 7) is 8.85. The number of aliphatic imine (C=N–C) groups is 1. The lowest BCUT2D eigenvalue weighted by molar-refractivity contribution is 0.295. The van der Waals surface area contributed by atoms with E-state index in [0.717, 1.165) is 41.7 Å². The van der Waals surface area contributed by atoms with E-state index < -0.39 is 0 Å². The van der Waals surface area contributed by atoms with Gasteiger partial charge in [-0.05, 0) is 87.8 Å². The van der Waals surface area contributed by atoms with Crippen LogP contribution >= 0.6 is 15.9 Å². The highest BCUT2D eigenvalue weighted by Gasteiger charge is 2.35. The van der Waals surface area contributed by atoms with E-state index >= 15 is 0 Å². The topological polar surface area (TPSA) is 34.1 Å². The second-order valence-electron chi connectivity index (χ2n) is 10.6. The van der Waals surface area contributed by atoms with Gasteiger partial charge in [-0.15, -0.1) is 0 Å². The van der Waals surface area contributed by atoms with Gasteiger partial charge in [-0.25, -0.2) is 0 Å². The fourth-order valence-electron chi connectivity index (χ4n) is 6.27. The molecule has 0 spiro atoms. The quantitative estimate of drug-likeness (QED) is 0.141. The standard InChI is InChI=1S/C36H35BrN2O2/c1-3-19-41-36-33(37)20-25(21-34(36)40-4-2)24-38-28-22-31-29(26-11-7-5-8-12-26)15-17-39-18-16-30(32(23-28)35(31)39)27-13-9-6-10-14-27/h3,5-14,20-24,29-30H,1,4,15-19H2,2H3/t29-,30-/m0/s1. The first-order chi connectivity index (χ1) is 20.2. The van der Waals surface area contributed by atoms with Crippen LogP contribution in [0.1, 0.15) is 59.4 Å². The van der Waals surface area contributed by atoms with Crippen molar-refractivity contribution in [2.75, 3.05) is 31.2 Å². The number of halogens is 1. The lowest BCUT2D eigenvalue weighted by atomic mass is 9.76. The normalized spacial score (nSPS) is 17.8. The minimum Gasteiger partial charge on any atom is -0.490 e. The fourth-order valence-corrected chi connectivity index (χ4v) is 6.85. The van der Waals surface area contributed by atoms with E-state index in [-0.39, 0.29) is 0 Å². The molecule has 2 atom stereocenters. The van der Waals surface area contributed by atoms with Crippen molar-refractivity contribution in [3.05, 3.63) is 130 Å². The minimum atomic E-state index is 0.353. The van der Waals surface area contributed by atoms with E-state index in [9.17, 15) is 0 Å². The summed E-state index contributed by atoms with van der Waals surface area (Å²) >= 11 is 3.67. The van der Waals surface area contributed by atoms with Crippen LogP contribution in [0.2, 0.25) is 0 Å². The van der Waals surface area contributed by atoms with Crippen LogP contribution in [-0.4, -0.2) is 32.5 Å². The maximum absolute atomic E-state index is 5.91. The van der Waals surface area contributed by atoms with Crippen LogP contribution in [0.4, 0.5) is 11.4 Å². The van der Waals surface area contributed by atoms with Gasteiger partial charge in [-0.2, -0.15) is 0 Å². The number of rotatable bonds is 9. The van der Waals surface area contributed by atoms with E-state index in [2.05, 4.69) is 100 Å². The third kappa shape index (κ3) is 5.69. The van der Waals surface area contributed by atoms with Gasteiger partial charge < -0.3 is 14.4 Å². The molecule has 4 nitrogen and oxygen atoms in total. The van der Waals surface area contributed by atoms with Gasteiger partial charge >= 0.3 is 0 Å². The summed E-state index contributed by atoms with van der Waals surface area (Å²) in [6.07, 6.45) is 5.87. The number of nitrogens with zero attached hydrogens (tertiary/aromatic N) is 2. The summed E-state index contributed by atoms with van der Waals surface area (Å²) in [7, 11) is 0. The zero-order valence-corrected chi connectivity index (χ0v) is 25.0. The minimum absolute atomic E-state index is 0.353. The molecule has 0 fully saturated rings. The molecule has 5 heteroatoms. The molecule has 4 aromatic carbocycles. The van der Waals surface area contributed by atoms with Crippen molar-refractivity contribution in [1.82, 2.24) is 0 Å². The molecule has 0 saturated carbocycles.